The van der Waals surface area contributed by atoms with E-state index in [2.05, 4.69) is 0 Å². The van der Waals surface area contributed by atoms with Crippen LogP contribution in [-0.2, 0) is 35.0 Å². The summed E-state index contributed by atoms with van der Waals surface area (Å²) >= 11 is 0. The normalized spacial score (nSPS) is 13.8. The summed E-state index contributed by atoms with van der Waals surface area (Å²) in [5, 5.41) is 0. The van der Waals surface area contributed by atoms with Gasteiger partial charge >= 0.3 is 24.2 Å². The summed E-state index contributed by atoms with van der Waals surface area (Å²) in [6.07, 6.45) is 1.98. The molecule has 0 aliphatic carbocycles. The molecule has 40 heavy (non-hydrogen) atoms. The molecule has 3 atom stereocenters. The number of esters is 2. The average Bonchev–Trinajstić information content (AvgIpc) is 2.88. The van der Waals surface area contributed by atoms with Crippen molar-refractivity contribution in [3.8, 4) is 11.5 Å². The van der Waals surface area contributed by atoms with Crippen LogP contribution in [0, 0.1) is 0 Å². The first kappa shape index (κ1) is 34.7. The molecule has 0 bridgehead atoms. The Balaban J connectivity index is 3.17. The first-order chi connectivity index (χ1) is 19.0. The van der Waals surface area contributed by atoms with Gasteiger partial charge in [-0.25, -0.2) is 9.59 Å². The smallest absolute Gasteiger partial charge is 0.468 e. The molecule has 0 amide bonds. The molecule has 0 radical (unpaired) electrons. The Hall–Kier alpha value is -3.34. The Kier molecular flexibility index (Phi) is 15.7. The third-order valence-corrected chi connectivity index (χ3v) is 6.04. The van der Waals surface area contributed by atoms with E-state index in [1.807, 2.05) is 20.8 Å². The summed E-state index contributed by atoms with van der Waals surface area (Å²) < 4.78 is 31.4. The molecule has 0 aliphatic rings. The second-order valence-electron chi connectivity index (χ2n) is 9.82. The third kappa shape index (κ3) is 12.7. The number of benzene rings is 1. The van der Waals surface area contributed by atoms with E-state index in [1.165, 1.54) is 19.2 Å². The highest BCUT2D eigenvalue weighted by atomic mass is 16.7. The van der Waals surface area contributed by atoms with Gasteiger partial charge in [0.2, 0.25) is 0 Å². The molecule has 0 saturated carbocycles. The summed E-state index contributed by atoms with van der Waals surface area (Å²) in [4.78, 5) is 49.3. The van der Waals surface area contributed by atoms with Crippen molar-refractivity contribution < 1.29 is 47.6 Å². The molecule has 0 spiro atoms. The van der Waals surface area contributed by atoms with Gasteiger partial charge in [0, 0.05) is 19.3 Å². The second-order valence-corrected chi connectivity index (χ2v) is 9.82. The molecule has 0 heterocycles. The Labute approximate surface area is 236 Å². The van der Waals surface area contributed by atoms with Gasteiger partial charge in [-0.1, -0.05) is 46.1 Å². The van der Waals surface area contributed by atoms with Crippen molar-refractivity contribution in [1.82, 2.24) is 0 Å². The van der Waals surface area contributed by atoms with E-state index in [0.717, 1.165) is 19.3 Å². The first-order valence-electron chi connectivity index (χ1n) is 13.9. The summed E-state index contributed by atoms with van der Waals surface area (Å²) in [6, 6.07) is 4.39. The van der Waals surface area contributed by atoms with Crippen molar-refractivity contribution in [2.24, 2.45) is 5.73 Å². The number of carbonyl (C=O) groups excluding carboxylic acids is 4. The molecule has 0 saturated heterocycles. The highest BCUT2D eigenvalue weighted by Crippen LogP contribution is 2.31. The Bertz CT molecular complexity index is 966. The standard InChI is InChI=1S/C29H45NO10/c1-7-10-13-25(31)36-17-16-29(30,26(32)35-6)19-22-14-15-23(39-27(33)37-20(4)11-8-2)24(18-22)40-28(34)38-21(5)12-9-3/h14-15,18,20-21H,7-13,16-17,19,30H2,1-6H3/t20?,21?,29-/m1/s1. The maximum absolute atomic E-state index is 12.6. The molecular weight excluding hydrogens is 522 g/mol. The van der Waals surface area contributed by atoms with Gasteiger partial charge in [-0.3, -0.25) is 9.59 Å². The number of rotatable bonds is 17. The monoisotopic (exact) mass is 567 g/mol. The molecule has 11 heteroatoms. The molecular formula is C29H45NO10. The lowest BCUT2D eigenvalue weighted by atomic mass is 9.88. The lowest BCUT2D eigenvalue weighted by Gasteiger charge is -2.27. The maximum Gasteiger partial charge on any atom is 0.514 e. The van der Waals surface area contributed by atoms with Gasteiger partial charge in [0.1, 0.15) is 17.7 Å². The number of hydrogen-bond acceptors (Lipinski definition) is 11. The zero-order chi connectivity index (χ0) is 30.1. The van der Waals surface area contributed by atoms with E-state index in [0.29, 0.717) is 24.8 Å². The van der Waals surface area contributed by atoms with Gasteiger partial charge in [0.25, 0.3) is 0 Å². The predicted molar refractivity (Wildman–Crippen MR) is 147 cm³/mol. The quantitative estimate of drug-likeness (QED) is 0.142. The summed E-state index contributed by atoms with van der Waals surface area (Å²) in [5.41, 5.74) is 5.34. The zero-order valence-electron chi connectivity index (χ0n) is 24.6. The zero-order valence-corrected chi connectivity index (χ0v) is 24.6. The van der Waals surface area contributed by atoms with Crippen molar-refractivity contribution in [1.29, 1.82) is 0 Å². The fourth-order valence-electron chi connectivity index (χ4n) is 3.88. The largest absolute Gasteiger partial charge is 0.514 e. The molecule has 0 aliphatic heterocycles. The summed E-state index contributed by atoms with van der Waals surface area (Å²) in [6.45, 7) is 9.28. The van der Waals surface area contributed by atoms with Crippen molar-refractivity contribution >= 4 is 24.2 Å². The number of methoxy groups -OCH3 is 1. The van der Waals surface area contributed by atoms with Crippen LogP contribution in [0.5, 0.6) is 11.5 Å². The van der Waals surface area contributed by atoms with Crippen LogP contribution in [0.15, 0.2) is 18.2 Å². The number of hydrogen-bond donors (Lipinski definition) is 1. The second kappa shape index (κ2) is 18.1. The van der Waals surface area contributed by atoms with Gasteiger partial charge < -0.3 is 34.2 Å². The molecule has 2 unspecified atom stereocenters. The van der Waals surface area contributed by atoms with Gasteiger partial charge in [-0.15, -0.1) is 0 Å². The molecule has 0 fully saturated rings. The first-order valence-corrected chi connectivity index (χ1v) is 13.9. The Morgan fingerprint density at radius 3 is 1.98 bits per heavy atom. The molecule has 0 aromatic heterocycles. The number of unbranched alkanes of at least 4 members (excludes halogenated alkanes) is 1. The van der Waals surface area contributed by atoms with E-state index in [1.54, 1.807) is 19.9 Å². The number of nitrogens with two attached hydrogens (primary N) is 1. The fourth-order valence-corrected chi connectivity index (χ4v) is 3.88. The lowest BCUT2D eigenvalue weighted by molar-refractivity contribution is -0.151. The van der Waals surface area contributed by atoms with E-state index in [4.69, 9.17) is 34.2 Å². The third-order valence-electron chi connectivity index (χ3n) is 6.04. The predicted octanol–water partition coefficient (Wildman–Crippen LogP) is 5.63. The molecule has 1 rings (SSSR count). The van der Waals surface area contributed by atoms with Crippen molar-refractivity contribution in [2.75, 3.05) is 13.7 Å². The highest BCUT2D eigenvalue weighted by molar-refractivity contribution is 5.81. The molecule has 1 aromatic rings. The topological polar surface area (TPSA) is 150 Å². The number of ether oxygens (including phenoxy) is 6. The Morgan fingerprint density at radius 1 is 0.875 bits per heavy atom. The number of carbonyl (C=O) groups is 4. The summed E-state index contributed by atoms with van der Waals surface area (Å²) in [7, 11) is 1.21. The maximum atomic E-state index is 12.6. The molecule has 11 nitrogen and oxygen atoms in total. The minimum Gasteiger partial charge on any atom is -0.468 e. The van der Waals surface area contributed by atoms with Crippen LogP contribution in [0.2, 0.25) is 0 Å². The highest BCUT2D eigenvalue weighted by Gasteiger charge is 2.36. The van der Waals surface area contributed by atoms with Crippen molar-refractivity contribution in [2.45, 2.75) is 110 Å². The van der Waals surface area contributed by atoms with E-state index in [-0.39, 0.29) is 55.5 Å². The van der Waals surface area contributed by atoms with E-state index < -0.39 is 23.8 Å². The minimum absolute atomic E-state index is 0.00972. The van der Waals surface area contributed by atoms with Crippen LogP contribution in [0.3, 0.4) is 0 Å². The van der Waals surface area contributed by atoms with E-state index >= 15 is 0 Å². The van der Waals surface area contributed by atoms with Crippen LogP contribution in [0.4, 0.5) is 9.59 Å². The van der Waals surface area contributed by atoms with Gasteiger partial charge in [-0.2, -0.15) is 0 Å². The lowest BCUT2D eigenvalue weighted by Crippen LogP contribution is -2.51. The van der Waals surface area contributed by atoms with Crippen molar-refractivity contribution in [3.05, 3.63) is 23.8 Å². The molecule has 2 N–H and O–H groups in total. The van der Waals surface area contributed by atoms with Crippen LogP contribution in [0.25, 0.3) is 0 Å². The van der Waals surface area contributed by atoms with Gasteiger partial charge in [-0.05, 0) is 50.8 Å². The Morgan fingerprint density at radius 2 is 1.45 bits per heavy atom. The van der Waals surface area contributed by atoms with E-state index in [9.17, 15) is 19.2 Å². The van der Waals surface area contributed by atoms with Crippen LogP contribution in [0.1, 0.15) is 91.5 Å². The van der Waals surface area contributed by atoms with Crippen LogP contribution < -0.4 is 15.2 Å². The average molecular weight is 568 g/mol. The molecule has 226 valence electrons. The minimum atomic E-state index is -1.55. The SMILES string of the molecule is CCCCC(=O)OCC[C@@](N)(Cc1ccc(OC(=O)OC(C)CCC)c(OC(=O)OC(C)CCC)c1)C(=O)OC. The molecule has 1 aromatic carbocycles. The van der Waals surface area contributed by atoms with Crippen LogP contribution in [-0.4, -0.2) is 55.7 Å². The fraction of sp³-hybridized carbons (Fsp3) is 0.655. The van der Waals surface area contributed by atoms with Crippen molar-refractivity contribution in [3.63, 3.8) is 0 Å². The van der Waals surface area contributed by atoms with Crippen LogP contribution >= 0.6 is 0 Å². The van der Waals surface area contributed by atoms with Gasteiger partial charge in [0.05, 0.1) is 13.7 Å². The van der Waals surface area contributed by atoms with Gasteiger partial charge in [0.15, 0.2) is 11.5 Å². The summed E-state index contributed by atoms with van der Waals surface area (Å²) in [5.74, 6) is -1.28.